The van der Waals surface area contributed by atoms with Crippen molar-refractivity contribution in [3.05, 3.63) is 57.6 Å². The van der Waals surface area contributed by atoms with Gasteiger partial charge in [0.1, 0.15) is 11.8 Å². The van der Waals surface area contributed by atoms with Crippen molar-refractivity contribution in [1.29, 1.82) is 0 Å². The van der Waals surface area contributed by atoms with Crippen LogP contribution in [0.2, 0.25) is 0 Å². The summed E-state index contributed by atoms with van der Waals surface area (Å²) in [6.07, 6.45) is -4.87. The van der Waals surface area contributed by atoms with Gasteiger partial charge in [-0.15, -0.1) is 0 Å². The standard InChI is InChI=1S/C18H18F3N3O4/c1-10-4-7-16(28-3)15(8-10)22-11(2)17(25)23-14-6-5-12(24(26)27)9-13(14)18(19,20)21/h4-9,11,22H,1-3H3,(H,23,25). The number of halogens is 3. The first-order chi connectivity index (χ1) is 13.0. The van der Waals surface area contributed by atoms with Gasteiger partial charge in [0, 0.05) is 12.1 Å². The van der Waals surface area contributed by atoms with Gasteiger partial charge in [0.2, 0.25) is 5.91 Å². The summed E-state index contributed by atoms with van der Waals surface area (Å²) in [6.45, 7) is 3.30. The number of anilines is 2. The second-order valence-corrected chi connectivity index (χ2v) is 6.04. The van der Waals surface area contributed by atoms with Crippen molar-refractivity contribution >= 4 is 23.0 Å². The predicted molar refractivity (Wildman–Crippen MR) is 97.5 cm³/mol. The number of nitro groups is 1. The fourth-order valence-corrected chi connectivity index (χ4v) is 2.46. The average Bonchev–Trinajstić information content (AvgIpc) is 2.61. The molecule has 0 heterocycles. The SMILES string of the molecule is COc1ccc(C)cc1NC(C)C(=O)Nc1ccc([N+](=O)[O-])cc1C(F)(F)F. The van der Waals surface area contributed by atoms with Crippen LogP contribution in [0.1, 0.15) is 18.1 Å². The summed E-state index contributed by atoms with van der Waals surface area (Å²) >= 11 is 0. The van der Waals surface area contributed by atoms with Crippen molar-refractivity contribution in [3.63, 3.8) is 0 Å². The number of methoxy groups -OCH3 is 1. The smallest absolute Gasteiger partial charge is 0.418 e. The molecular weight excluding hydrogens is 379 g/mol. The Hall–Kier alpha value is -3.30. The van der Waals surface area contributed by atoms with Crippen LogP contribution in [0, 0.1) is 17.0 Å². The fraction of sp³-hybridized carbons (Fsp3) is 0.278. The lowest BCUT2D eigenvalue weighted by molar-refractivity contribution is -0.385. The number of carbonyl (C=O) groups excluding carboxylic acids is 1. The van der Waals surface area contributed by atoms with Gasteiger partial charge in [-0.3, -0.25) is 14.9 Å². The Balaban J connectivity index is 2.25. The van der Waals surface area contributed by atoms with Crippen LogP contribution in [0.4, 0.5) is 30.2 Å². The van der Waals surface area contributed by atoms with Crippen LogP contribution in [-0.4, -0.2) is 24.0 Å². The summed E-state index contributed by atoms with van der Waals surface area (Å²) in [4.78, 5) is 22.2. The number of hydrogen-bond acceptors (Lipinski definition) is 5. The number of non-ortho nitro benzene ring substituents is 1. The number of ether oxygens (including phenoxy) is 1. The quantitative estimate of drug-likeness (QED) is 0.558. The fourth-order valence-electron chi connectivity index (χ4n) is 2.46. The highest BCUT2D eigenvalue weighted by Crippen LogP contribution is 2.37. The van der Waals surface area contributed by atoms with Gasteiger partial charge in [-0.25, -0.2) is 0 Å². The lowest BCUT2D eigenvalue weighted by atomic mass is 10.1. The van der Waals surface area contributed by atoms with Crippen LogP contribution in [0.25, 0.3) is 0 Å². The molecule has 7 nitrogen and oxygen atoms in total. The number of carbonyl (C=O) groups is 1. The molecule has 28 heavy (non-hydrogen) atoms. The van der Waals surface area contributed by atoms with Crippen molar-refractivity contribution in [1.82, 2.24) is 0 Å². The highest BCUT2D eigenvalue weighted by molar-refractivity contribution is 5.97. The van der Waals surface area contributed by atoms with Gasteiger partial charge in [-0.1, -0.05) is 6.07 Å². The van der Waals surface area contributed by atoms with E-state index in [-0.39, 0.29) is 0 Å². The maximum absolute atomic E-state index is 13.2. The largest absolute Gasteiger partial charge is 0.495 e. The monoisotopic (exact) mass is 397 g/mol. The van der Waals surface area contributed by atoms with Crippen molar-refractivity contribution in [3.8, 4) is 5.75 Å². The van der Waals surface area contributed by atoms with E-state index in [4.69, 9.17) is 4.74 Å². The zero-order valence-corrected chi connectivity index (χ0v) is 15.3. The Morgan fingerprint density at radius 1 is 1.18 bits per heavy atom. The lowest BCUT2D eigenvalue weighted by Gasteiger charge is -2.19. The molecule has 0 bridgehead atoms. The number of nitro benzene ring substituents is 1. The van der Waals surface area contributed by atoms with Crippen molar-refractivity contribution in [2.45, 2.75) is 26.1 Å². The van der Waals surface area contributed by atoms with E-state index < -0.39 is 40.0 Å². The van der Waals surface area contributed by atoms with Crippen LogP contribution in [0.15, 0.2) is 36.4 Å². The average molecular weight is 397 g/mol. The summed E-state index contributed by atoms with van der Waals surface area (Å²) in [6, 6.07) is 6.46. The number of nitrogens with zero attached hydrogens (tertiary/aromatic N) is 1. The molecule has 2 aromatic rings. The van der Waals surface area contributed by atoms with Crippen molar-refractivity contribution < 1.29 is 27.6 Å². The molecule has 150 valence electrons. The topological polar surface area (TPSA) is 93.5 Å². The van der Waals surface area contributed by atoms with E-state index in [1.165, 1.54) is 14.0 Å². The van der Waals surface area contributed by atoms with Gasteiger partial charge in [-0.2, -0.15) is 13.2 Å². The second kappa shape index (κ2) is 8.15. The van der Waals surface area contributed by atoms with E-state index in [1.54, 1.807) is 18.2 Å². The summed E-state index contributed by atoms with van der Waals surface area (Å²) in [5, 5.41) is 15.8. The minimum Gasteiger partial charge on any atom is -0.495 e. The van der Waals surface area contributed by atoms with Crippen molar-refractivity contribution in [2.75, 3.05) is 17.7 Å². The molecule has 1 amide bonds. The molecule has 2 rings (SSSR count). The van der Waals surface area contributed by atoms with E-state index in [0.717, 1.165) is 17.7 Å². The van der Waals surface area contributed by atoms with E-state index in [1.807, 2.05) is 6.92 Å². The molecule has 10 heteroatoms. The summed E-state index contributed by atoms with van der Waals surface area (Å²) in [5.74, 6) is -0.278. The molecular formula is C18H18F3N3O4. The normalized spacial score (nSPS) is 12.2. The van der Waals surface area contributed by atoms with E-state index in [2.05, 4.69) is 10.6 Å². The van der Waals surface area contributed by atoms with Crippen molar-refractivity contribution in [2.24, 2.45) is 0 Å². The Morgan fingerprint density at radius 2 is 1.86 bits per heavy atom. The molecule has 0 saturated heterocycles. The number of hydrogen-bond donors (Lipinski definition) is 2. The second-order valence-electron chi connectivity index (χ2n) is 6.04. The Bertz CT molecular complexity index is 900. The van der Waals surface area contributed by atoms with Gasteiger partial charge < -0.3 is 15.4 Å². The molecule has 2 aromatic carbocycles. The maximum Gasteiger partial charge on any atom is 0.418 e. The van der Waals surface area contributed by atoms with Crippen LogP contribution >= 0.6 is 0 Å². The number of nitrogens with one attached hydrogen (secondary N) is 2. The minimum absolute atomic E-state index is 0.386. The van der Waals surface area contributed by atoms with Crippen LogP contribution in [0.5, 0.6) is 5.75 Å². The molecule has 0 aliphatic rings. The summed E-state index contributed by atoms with van der Waals surface area (Å²) in [7, 11) is 1.45. The summed E-state index contributed by atoms with van der Waals surface area (Å²) < 4.78 is 44.9. The molecule has 0 aromatic heterocycles. The van der Waals surface area contributed by atoms with Gasteiger partial charge >= 0.3 is 6.18 Å². The first-order valence-corrected chi connectivity index (χ1v) is 8.10. The maximum atomic E-state index is 13.2. The third kappa shape index (κ3) is 4.90. The summed E-state index contributed by atoms with van der Waals surface area (Å²) in [5.41, 5.74) is -1.18. The minimum atomic E-state index is -4.87. The van der Waals surface area contributed by atoms with Gasteiger partial charge in [0.25, 0.3) is 5.69 Å². The number of aryl methyl sites for hydroxylation is 1. The Labute approximate surface area is 158 Å². The molecule has 0 spiro atoms. The highest BCUT2D eigenvalue weighted by Gasteiger charge is 2.36. The molecule has 1 atom stereocenters. The van der Waals surface area contributed by atoms with E-state index in [0.29, 0.717) is 17.5 Å². The van der Waals surface area contributed by atoms with Crippen LogP contribution < -0.4 is 15.4 Å². The Morgan fingerprint density at radius 3 is 2.43 bits per heavy atom. The van der Waals surface area contributed by atoms with Crippen LogP contribution in [-0.2, 0) is 11.0 Å². The van der Waals surface area contributed by atoms with E-state index in [9.17, 15) is 28.1 Å². The molecule has 1 unspecified atom stereocenters. The third-order valence-corrected chi connectivity index (χ3v) is 3.90. The number of alkyl halides is 3. The zero-order valence-electron chi connectivity index (χ0n) is 15.3. The van der Waals surface area contributed by atoms with Gasteiger partial charge in [0.15, 0.2) is 0 Å². The predicted octanol–water partition coefficient (Wildman–Crippen LogP) is 4.37. The first-order valence-electron chi connectivity index (χ1n) is 8.10. The van der Waals surface area contributed by atoms with Gasteiger partial charge in [-0.05, 0) is 37.6 Å². The third-order valence-electron chi connectivity index (χ3n) is 3.90. The van der Waals surface area contributed by atoms with Crippen LogP contribution in [0.3, 0.4) is 0 Å². The Kier molecular flexibility index (Phi) is 6.12. The zero-order chi connectivity index (χ0) is 21.1. The molecule has 0 radical (unpaired) electrons. The number of benzene rings is 2. The van der Waals surface area contributed by atoms with Gasteiger partial charge in [0.05, 0.1) is 29.0 Å². The number of amides is 1. The molecule has 0 aliphatic carbocycles. The number of rotatable bonds is 6. The molecule has 0 saturated carbocycles. The highest BCUT2D eigenvalue weighted by atomic mass is 19.4. The molecule has 0 aliphatic heterocycles. The lowest BCUT2D eigenvalue weighted by Crippen LogP contribution is -2.32. The molecule has 2 N–H and O–H groups in total. The van der Waals surface area contributed by atoms with E-state index >= 15 is 0 Å². The first kappa shape index (κ1) is 21.0. The molecule has 0 fully saturated rings.